The number of esters is 2. The van der Waals surface area contributed by atoms with Gasteiger partial charge in [0, 0.05) is 5.41 Å². The number of halogens is 2. The Kier molecular flexibility index (Phi) is 5.24. The minimum Gasteiger partial charge on any atom is -0.460 e. The van der Waals surface area contributed by atoms with Crippen LogP contribution in [0.25, 0.3) is 0 Å². The van der Waals surface area contributed by atoms with Crippen LogP contribution in [-0.2, 0) is 29.2 Å². The highest BCUT2D eigenvalue weighted by molar-refractivity contribution is 7.87. The van der Waals surface area contributed by atoms with Gasteiger partial charge in [0.25, 0.3) is 0 Å². The summed E-state index contributed by atoms with van der Waals surface area (Å²) in [5.41, 5.74) is -1.28. The molecule has 0 aliphatic heterocycles. The Balaban J connectivity index is 1.15. The second-order valence-electron chi connectivity index (χ2n) is 13.0. The van der Waals surface area contributed by atoms with Crippen molar-refractivity contribution < 1.29 is 40.8 Å². The van der Waals surface area contributed by atoms with Crippen molar-refractivity contribution in [2.24, 2.45) is 52.8 Å². The molecule has 8 atom stereocenters. The third kappa shape index (κ3) is 3.75. The predicted octanol–water partition coefficient (Wildman–Crippen LogP) is 4.21. The lowest BCUT2D eigenvalue weighted by molar-refractivity contribution is -0.217. The van der Waals surface area contributed by atoms with Crippen molar-refractivity contribution in [2.75, 3.05) is 6.61 Å². The standard InChI is InChI=1S/C25H34F2O7S/c1-13-2-17-16-5-19(18(17)3-13)20(6-16)21(28)34-24-9-14-4-15(10-24)8-23(7-14,11-24)12-33-22(29)25(26,27)35(30,31)32/h13-20H,2-12H2,1H3,(H,30,31,32). The maximum Gasteiger partial charge on any atom is 0.465 e. The van der Waals surface area contributed by atoms with Crippen molar-refractivity contribution in [1.29, 1.82) is 0 Å². The SMILES string of the molecule is CC1CC2C3CC(C(=O)OC45CC6CC(CC(COC(=O)C(F)(F)S(=O)(=O)O)(C6)C4)C5)C(C3)C2C1. The van der Waals surface area contributed by atoms with Gasteiger partial charge in [0.2, 0.25) is 0 Å². The van der Waals surface area contributed by atoms with E-state index >= 15 is 0 Å². The Hall–Kier alpha value is -1.29. The number of rotatable bonds is 6. The quantitative estimate of drug-likeness (QED) is 0.416. The highest BCUT2D eigenvalue weighted by Crippen LogP contribution is 2.65. The molecule has 7 saturated carbocycles. The van der Waals surface area contributed by atoms with Gasteiger partial charge >= 0.3 is 27.3 Å². The fourth-order valence-electron chi connectivity index (χ4n) is 9.96. The van der Waals surface area contributed by atoms with Crippen LogP contribution < -0.4 is 0 Å². The zero-order valence-corrected chi connectivity index (χ0v) is 20.8. The molecule has 7 nitrogen and oxygen atoms in total. The minimum atomic E-state index is -5.91. The molecule has 0 aromatic rings. The minimum absolute atomic E-state index is 0.0539. The highest BCUT2D eigenvalue weighted by atomic mass is 32.2. The van der Waals surface area contributed by atoms with Gasteiger partial charge in [-0.3, -0.25) is 9.35 Å². The molecule has 10 heteroatoms. The first-order valence-corrected chi connectivity index (χ1v) is 14.5. The van der Waals surface area contributed by atoms with Gasteiger partial charge in [-0.1, -0.05) is 6.92 Å². The van der Waals surface area contributed by atoms with Crippen LogP contribution >= 0.6 is 0 Å². The second kappa shape index (κ2) is 7.62. The average molecular weight is 517 g/mol. The monoisotopic (exact) mass is 516 g/mol. The van der Waals surface area contributed by atoms with Crippen LogP contribution in [0.3, 0.4) is 0 Å². The first-order valence-electron chi connectivity index (χ1n) is 13.0. The summed E-state index contributed by atoms with van der Waals surface area (Å²) >= 11 is 0. The molecule has 196 valence electrons. The van der Waals surface area contributed by atoms with Crippen molar-refractivity contribution in [3.63, 3.8) is 0 Å². The first-order chi connectivity index (χ1) is 16.3. The molecule has 0 amide bonds. The molecule has 0 spiro atoms. The second-order valence-corrected chi connectivity index (χ2v) is 14.5. The van der Waals surface area contributed by atoms with Crippen LogP contribution in [0.15, 0.2) is 0 Å². The number of carbonyl (C=O) groups is 2. The van der Waals surface area contributed by atoms with Gasteiger partial charge in [-0.25, -0.2) is 4.79 Å². The van der Waals surface area contributed by atoms with E-state index in [-0.39, 0.29) is 30.3 Å². The predicted molar refractivity (Wildman–Crippen MR) is 118 cm³/mol. The summed E-state index contributed by atoms with van der Waals surface area (Å²) in [6, 6.07) is 0. The molecule has 0 aromatic heterocycles. The Labute approximate surface area is 204 Å². The van der Waals surface area contributed by atoms with E-state index in [0.717, 1.165) is 43.9 Å². The maximum atomic E-state index is 13.7. The zero-order chi connectivity index (χ0) is 25.0. The molecule has 1 N–H and O–H groups in total. The normalized spacial score (nSPS) is 47.7. The lowest BCUT2D eigenvalue weighted by Crippen LogP contribution is -2.59. The number of hydrogen-bond acceptors (Lipinski definition) is 6. The maximum absolute atomic E-state index is 13.7. The van der Waals surface area contributed by atoms with Crippen molar-refractivity contribution in [1.82, 2.24) is 0 Å². The van der Waals surface area contributed by atoms with Crippen LogP contribution in [0.4, 0.5) is 8.78 Å². The number of alkyl halides is 2. The summed E-state index contributed by atoms with van der Waals surface area (Å²) in [4.78, 5) is 25.3. The van der Waals surface area contributed by atoms with Crippen molar-refractivity contribution in [2.45, 2.75) is 82.0 Å². The fraction of sp³-hybridized carbons (Fsp3) is 0.920. The summed E-state index contributed by atoms with van der Waals surface area (Å²) in [6.07, 6.45) is 8.76. The first kappa shape index (κ1) is 24.1. The zero-order valence-electron chi connectivity index (χ0n) is 20.0. The number of carbonyl (C=O) groups excluding carboxylic acids is 2. The largest absolute Gasteiger partial charge is 0.465 e. The molecular formula is C25H34F2O7S. The molecule has 0 heterocycles. The van der Waals surface area contributed by atoms with Gasteiger partial charge in [-0.2, -0.15) is 17.2 Å². The molecule has 0 radical (unpaired) electrons. The van der Waals surface area contributed by atoms with Crippen LogP contribution in [-0.4, -0.2) is 42.4 Å². The number of hydrogen-bond donors (Lipinski definition) is 1. The summed E-state index contributed by atoms with van der Waals surface area (Å²) in [6.45, 7) is 1.94. The lowest BCUT2D eigenvalue weighted by Gasteiger charge is -2.61. The average Bonchev–Trinajstić information content (AvgIpc) is 3.41. The molecule has 35 heavy (non-hydrogen) atoms. The van der Waals surface area contributed by atoms with Gasteiger partial charge in [-0.15, -0.1) is 0 Å². The van der Waals surface area contributed by atoms with Gasteiger partial charge in [0.05, 0.1) is 12.5 Å². The topological polar surface area (TPSA) is 107 Å². The van der Waals surface area contributed by atoms with Gasteiger partial charge < -0.3 is 9.47 Å². The molecule has 0 saturated heterocycles. The van der Waals surface area contributed by atoms with Gasteiger partial charge in [0.15, 0.2) is 0 Å². The Bertz CT molecular complexity index is 1030. The molecule has 7 aliphatic rings. The molecular weight excluding hydrogens is 482 g/mol. The smallest absolute Gasteiger partial charge is 0.460 e. The summed E-state index contributed by atoms with van der Waals surface area (Å²) in [7, 11) is -5.91. The van der Waals surface area contributed by atoms with Crippen molar-refractivity contribution in [3.05, 3.63) is 0 Å². The summed E-state index contributed by atoms with van der Waals surface area (Å²) in [5.74, 6) is 1.24. The molecule has 0 aromatic carbocycles. The van der Waals surface area contributed by atoms with E-state index in [0.29, 0.717) is 37.0 Å². The summed E-state index contributed by atoms with van der Waals surface area (Å²) in [5, 5.41) is -5.00. The van der Waals surface area contributed by atoms with E-state index in [1.54, 1.807) is 0 Å². The third-order valence-electron chi connectivity index (χ3n) is 10.5. The van der Waals surface area contributed by atoms with Crippen LogP contribution in [0, 0.1) is 52.8 Å². The molecule has 7 aliphatic carbocycles. The highest BCUT2D eigenvalue weighted by Gasteiger charge is 2.63. The number of fused-ring (bicyclic) bond motifs is 5. The van der Waals surface area contributed by atoms with Crippen LogP contribution in [0.2, 0.25) is 0 Å². The Morgan fingerprint density at radius 1 is 0.971 bits per heavy atom. The van der Waals surface area contributed by atoms with E-state index in [1.165, 1.54) is 12.8 Å². The van der Waals surface area contributed by atoms with E-state index < -0.39 is 32.4 Å². The van der Waals surface area contributed by atoms with E-state index in [9.17, 15) is 26.8 Å². The van der Waals surface area contributed by atoms with Gasteiger partial charge in [0.1, 0.15) is 5.60 Å². The van der Waals surface area contributed by atoms with E-state index in [1.807, 2.05) is 0 Å². The lowest BCUT2D eigenvalue weighted by atomic mass is 9.48. The van der Waals surface area contributed by atoms with E-state index in [4.69, 9.17) is 14.0 Å². The molecule has 6 bridgehead atoms. The molecule has 7 rings (SSSR count). The van der Waals surface area contributed by atoms with Gasteiger partial charge in [-0.05, 0) is 106 Å². The molecule has 8 unspecified atom stereocenters. The fourth-order valence-corrected chi connectivity index (χ4v) is 10.2. The molecule has 7 fully saturated rings. The third-order valence-corrected chi connectivity index (χ3v) is 11.3. The number of ether oxygens (including phenoxy) is 2. The van der Waals surface area contributed by atoms with E-state index in [2.05, 4.69) is 6.92 Å². The Morgan fingerprint density at radius 3 is 2.29 bits per heavy atom. The Morgan fingerprint density at radius 2 is 1.63 bits per heavy atom. The van der Waals surface area contributed by atoms with Crippen molar-refractivity contribution in [3.8, 4) is 0 Å². The summed E-state index contributed by atoms with van der Waals surface area (Å²) < 4.78 is 69.1. The van der Waals surface area contributed by atoms with Crippen LogP contribution in [0.5, 0.6) is 0 Å². The van der Waals surface area contributed by atoms with Crippen LogP contribution in [0.1, 0.15) is 71.1 Å². The van der Waals surface area contributed by atoms with Crippen molar-refractivity contribution >= 4 is 22.1 Å².